The second-order valence-corrected chi connectivity index (χ2v) is 4.87. The van der Waals surface area contributed by atoms with E-state index in [2.05, 4.69) is 16.9 Å². The average Bonchev–Trinajstić information content (AvgIpc) is 2.84. The summed E-state index contributed by atoms with van der Waals surface area (Å²) in [6.45, 7) is 2.97. The van der Waals surface area contributed by atoms with E-state index >= 15 is 0 Å². The summed E-state index contributed by atoms with van der Waals surface area (Å²) in [5, 5.41) is 0. The van der Waals surface area contributed by atoms with Gasteiger partial charge in [-0.15, -0.1) is 0 Å². The van der Waals surface area contributed by atoms with Gasteiger partial charge in [0.25, 0.3) is 0 Å². The second-order valence-electron chi connectivity index (χ2n) is 4.87. The van der Waals surface area contributed by atoms with E-state index in [1.165, 1.54) is 0 Å². The highest BCUT2D eigenvalue weighted by Crippen LogP contribution is 2.11. The third-order valence-electron chi connectivity index (χ3n) is 3.29. The third kappa shape index (κ3) is 3.56. The fourth-order valence-corrected chi connectivity index (χ4v) is 2.06. The SMILES string of the molecule is CCCCN(C)C(=O)CCc1nc2ccccc2[nH]1. The summed E-state index contributed by atoms with van der Waals surface area (Å²) in [4.78, 5) is 21.5. The fourth-order valence-electron chi connectivity index (χ4n) is 2.06. The number of imidazole rings is 1. The van der Waals surface area contributed by atoms with Crippen LogP contribution in [0, 0.1) is 0 Å². The third-order valence-corrected chi connectivity index (χ3v) is 3.29. The number of hydrogen-bond donors (Lipinski definition) is 1. The van der Waals surface area contributed by atoms with Crippen molar-refractivity contribution in [1.82, 2.24) is 14.9 Å². The average molecular weight is 259 g/mol. The quantitative estimate of drug-likeness (QED) is 0.867. The van der Waals surface area contributed by atoms with Crippen LogP contribution in [0.15, 0.2) is 24.3 Å². The van der Waals surface area contributed by atoms with Gasteiger partial charge in [-0.1, -0.05) is 25.5 Å². The van der Waals surface area contributed by atoms with E-state index in [0.717, 1.165) is 36.2 Å². The first-order valence-corrected chi connectivity index (χ1v) is 6.88. The summed E-state index contributed by atoms with van der Waals surface area (Å²) in [6, 6.07) is 7.93. The molecular weight excluding hydrogens is 238 g/mol. The molecule has 0 radical (unpaired) electrons. The highest BCUT2D eigenvalue weighted by Gasteiger charge is 2.10. The maximum atomic E-state index is 11.9. The zero-order valence-electron chi connectivity index (χ0n) is 11.6. The van der Waals surface area contributed by atoms with Crippen molar-refractivity contribution >= 4 is 16.9 Å². The van der Waals surface area contributed by atoms with Crippen molar-refractivity contribution in [3.8, 4) is 0 Å². The van der Waals surface area contributed by atoms with Gasteiger partial charge in [-0.2, -0.15) is 0 Å². The molecule has 0 aliphatic carbocycles. The topological polar surface area (TPSA) is 49.0 Å². The molecule has 0 aliphatic heterocycles. The number of rotatable bonds is 6. The number of amides is 1. The van der Waals surface area contributed by atoms with E-state index in [-0.39, 0.29) is 5.91 Å². The van der Waals surface area contributed by atoms with Crippen LogP contribution in [0.4, 0.5) is 0 Å². The molecule has 102 valence electrons. The Morgan fingerprint density at radius 2 is 2.16 bits per heavy atom. The molecule has 1 amide bonds. The second kappa shape index (κ2) is 6.36. The number of unbranched alkanes of at least 4 members (excludes halogenated alkanes) is 1. The van der Waals surface area contributed by atoms with Crippen molar-refractivity contribution in [2.45, 2.75) is 32.6 Å². The number of fused-ring (bicyclic) bond motifs is 1. The van der Waals surface area contributed by atoms with Gasteiger partial charge in [0.05, 0.1) is 11.0 Å². The molecule has 19 heavy (non-hydrogen) atoms. The van der Waals surface area contributed by atoms with Crippen LogP contribution in [0.3, 0.4) is 0 Å². The predicted octanol–water partition coefficient (Wildman–Crippen LogP) is 2.75. The number of nitrogens with one attached hydrogen (secondary N) is 1. The summed E-state index contributed by atoms with van der Waals surface area (Å²) < 4.78 is 0. The van der Waals surface area contributed by atoms with E-state index in [1.807, 2.05) is 36.2 Å². The number of aryl methyl sites for hydroxylation is 1. The first-order chi connectivity index (χ1) is 9.20. The molecule has 0 fully saturated rings. The van der Waals surface area contributed by atoms with Crippen LogP contribution in [-0.4, -0.2) is 34.4 Å². The first-order valence-electron chi connectivity index (χ1n) is 6.88. The molecule has 0 aliphatic rings. The Morgan fingerprint density at radius 1 is 1.37 bits per heavy atom. The molecule has 0 saturated carbocycles. The van der Waals surface area contributed by atoms with Crippen molar-refractivity contribution in [3.63, 3.8) is 0 Å². The fraction of sp³-hybridized carbons (Fsp3) is 0.467. The summed E-state index contributed by atoms with van der Waals surface area (Å²) in [5.41, 5.74) is 1.99. The van der Waals surface area contributed by atoms with Crippen molar-refractivity contribution in [1.29, 1.82) is 0 Å². The number of benzene rings is 1. The van der Waals surface area contributed by atoms with Crippen LogP contribution in [0.5, 0.6) is 0 Å². The van der Waals surface area contributed by atoms with Crippen LogP contribution >= 0.6 is 0 Å². The lowest BCUT2D eigenvalue weighted by Gasteiger charge is -2.16. The van der Waals surface area contributed by atoms with Gasteiger partial charge < -0.3 is 9.88 Å². The van der Waals surface area contributed by atoms with Crippen LogP contribution in [0.1, 0.15) is 32.0 Å². The molecule has 2 rings (SSSR count). The van der Waals surface area contributed by atoms with Crippen LogP contribution in [-0.2, 0) is 11.2 Å². The summed E-state index contributed by atoms with van der Waals surface area (Å²) in [5.74, 6) is 1.08. The lowest BCUT2D eigenvalue weighted by atomic mass is 10.2. The Hall–Kier alpha value is -1.84. The molecule has 4 heteroatoms. The zero-order valence-corrected chi connectivity index (χ0v) is 11.6. The molecule has 2 aromatic rings. The molecule has 4 nitrogen and oxygen atoms in total. The van der Waals surface area contributed by atoms with Gasteiger partial charge in [-0.05, 0) is 18.6 Å². The number of H-pyrrole nitrogens is 1. The number of hydrogen-bond acceptors (Lipinski definition) is 2. The molecule has 0 bridgehead atoms. The maximum Gasteiger partial charge on any atom is 0.222 e. The molecule has 1 aromatic carbocycles. The number of aromatic amines is 1. The van der Waals surface area contributed by atoms with E-state index < -0.39 is 0 Å². The van der Waals surface area contributed by atoms with Gasteiger partial charge in [0.15, 0.2) is 0 Å². The number of carbonyl (C=O) groups excluding carboxylic acids is 1. The molecule has 0 spiro atoms. The normalized spacial score (nSPS) is 10.8. The van der Waals surface area contributed by atoms with Crippen molar-refractivity contribution in [3.05, 3.63) is 30.1 Å². The number of aromatic nitrogens is 2. The maximum absolute atomic E-state index is 11.9. The van der Waals surface area contributed by atoms with Crippen LogP contribution in [0.2, 0.25) is 0 Å². The number of carbonyl (C=O) groups is 1. The molecule has 0 saturated heterocycles. The molecular formula is C15H21N3O. The van der Waals surface area contributed by atoms with Gasteiger partial charge in [-0.25, -0.2) is 4.98 Å². The lowest BCUT2D eigenvalue weighted by molar-refractivity contribution is -0.129. The standard InChI is InChI=1S/C15H21N3O/c1-3-4-11-18(2)15(19)10-9-14-16-12-7-5-6-8-13(12)17-14/h5-8H,3-4,9-11H2,1-2H3,(H,16,17). The Kier molecular flexibility index (Phi) is 4.55. The number of para-hydroxylation sites is 2. The van der Waals surface area contributed by atoms with E-state index in [0.29, 0.717) is 12.8 Å². The van der Waals surface area contributed by atoms with Crippen molar-refractivity contribution in [2.75, 3.05) is 13.6 Å². The minimum atomic E-state index is 0.189. The molecule has 1 N–H and O–H groups in total. The molecule has 1 aromatic heterocycles. The summed E-state index contributed by atoms with van der Waals surface area (Å²) >= 11 is 0. The van der Waals surface area contributed by atoms with Gasteiger partial charge in [0.1, 0.15) is 5.82 Å². The monoisotopic (exact) mass is 259 g/mol. The minimum absolute atomic E-state index is 0.189. The van der Waals surface area contributed by atoms with Crippen molar-refractivity contribution in [2.24, 2.45) is 0 Å². The predicted molar refractivity (Wildman–Crippen MR) is 77.0 cm³/mol. The highest BCUT2D eigenvalue weighted by atomic mass is 16.2. The van der Waals surface area contributed by atoms with E-state index in [9.17, 15) is 4.79 Å². The Bertz CT molecular complexity index is 514. The number of nitrogens with zero attached hydrogens (tertiary/aromatic N) is 2. The molecule has 0 atom stereocenters. The smallest absolute Gasteiger partial charge is 0.222 e. The van der Waals surface area contributed by atoms with Gasteiger partial charge in [0, 0.05) is 26.4 Å². The van der Waals surface area contributed by atoms with E-state index in [1.54, 1.807) is 0 Å². The van der Waals surface area contributed by atoms with Gasteiger partial charge in [-0.3, -0.25) is 4.79 Å². The minimum Gasteiger partial charge on any atom is -0.346 e. The molecule has 0 unspecified atom stereocenters. The summed E-state index contributed by atoms with van der Waals surface area (Å²) in [7, 11) is 1.87. The van der Waals surface area contributed by atoms with Crippen LogP contribution < -0.4 is 0 Å². The summed E-state index contributed by atoms with van der Waals surface area (Å²) in [6.07, 6.45) is 3.36. The Morgan fingerprint density at radius 3 is 2.89 bits per heavy atom. The van der Waals surface area contributed by atoms with E-state index in [4.69, 9.17) is 0 Å². The zero-order chi connectivity index (χ0) is 13.7. The van der Waals surface area contributed by atoms with Gasteiger partial charge >= 0.3 is 0 Å². The highest BCUT2D eigenvalue weighted by molar-refractivity contribution is 5.77. The lowest BCUT2D eigenvalue weighted by Crippen LogP contribution is -2.27. The Labute approximate surface area is 113 Å². The van der Waals surface area contributed by atoms with Crippen molar-refractivity contribution < 1.29 is 4.79 Å². The largest absolute Gasteiger partial charge is 0.346 e. The first kappa shape index (κ1) is 13.6. The van der Waals surface area contributed by atoms with Gasteiger partial charge in [0.2, 0.25) is 5.91 Å². The molecule has 1 heterocycles. The van der Waals surface area contributed by atoms with Crippen LogP contribution in [0.25, 0.3) is 11.0 Å². The Balaban J connectivity index is 1.89.